The second-order valence-electron chi connectivity index (χ2n) is 8.66. The number of hydrogen-bond donors (Lipinski definition) is 2. The molecule has 1 aliphatic rings. The Morgan fingerprint density at radius 1 is 1.29 bits per heavy atom. The lowest BCUT2D eigenvalue weighted by Gasteiger charge is -2.47. The molecule has 0 aromatic carbocycles. The number of rotatable bonds is 8. The average Bonchev–Trinajstić information content (AvgIpc) is 3.54. The molecular weight excluding hydrogens is 490 g/mol. The zero-order valence-electron chi connectivity index (χ0n) is 19.0. The first-order chi connectivity index (χ1) is 16.7. The molecule has 2 N–H and O–H groups in total. The zero-order chi connectivity index (χ0) is 24.8. The highest BCUT2D eigenvalue weighted by atomic mass is 32.2. The summed E-state index contributed by atoms with van der Waals surface area (Å²) in [6, 6.07) is 3.92. The molecule has 182 valence electrons. The summed E-state index contributed by atoms with van der Waals surface area (Å²) in [6.45, 7) is 2.22. The van der Waals surface area contributed by atoms with Gasteiger partial charge in [0.25, 0.3) is 0 Å². The van der Waals surface area contributed by atoms with Gasteiger partial charge in [-0.05, 0) is 18.4 Å². The normalized spacial score (nSPS) is 16.6. The highest BCUT2D eigenvalue weighted by Gasteiger charge is 2.49. The van der Waals surface area contributed by atoms with Gasteiger partial charge in [-0.25, -0.2) is 18.4 Å². The molecule has 0 aliphatic carbocycles. The van der Waals surface area contributed by atoms with E-state index in [1.54, 1.807) is 28.0 Å². The van der Waals surface area contributed by atoms with Gasteiger partial charge in [0.1, 0.15) is 5.54 Å². The molecule has 1 atom stereocenters. The smallest absolute Gasteiger partial charge is 0.228 e. The predicted molar refractivity (Wildman–Crippen MR) is 131 cm³/mol. The highest BCUT2D eigenvalue weighted by molar-refractivity contribution is 7.88. The molecule has 0 saturated carbocycles. The predicted octanol–water partition coefficient (Wildman–Crippen LogP) is 1.93. The van der Waals surface area contributed by atoms with Crippen LogP contribution in [-0.4, -0.2) is 73.3 Å². The molecule has 1 saturated heterocycles. The maximum absolute atomic E-state index is 11.9. The van der Waals surface area contributed by atoms with Crippen molar-refractivity contribution in [2.75, 3.05) is 31.3 Å². The van der Waals surface area contributed by atoms with Gasteiger partial charge in [-0.15, -0.1) is 11.3 Å². The Hall–Kier alpha value is -3.38. The van der Waals surface area contributed by atoms with Crippen LogP contribution in [-0.2, 0) is 15.6 Å². The summed E-state index contributed by atoms with van der Waals surface area (Å²) in [7, 11) is -3.34. The first-order valence-corrected chi connectivity index (χ1v) is 13.5. The second kappa shape index (κ2) is 8.68. The van der Waals surface area contributed by atoms with Crippen molar-refractivity contribution in [3.8, 4) is 17.3 Å². The second-order valence-corrected chi connectivity index (χ2v) is 11.6. The van der Waals surface area contributed by atoms with Crippen LogP contribution in [0.5, 0.6) is 0 Å². The van der Waals surface area contributed by atoms with E-state index in [0.29, 0.717) is 17.3 Å². The molecule has 4 aromatic rings. The summed E-state index contributed by atoms with van der Waals surface area (Å²) in [4.78, 5) is 9.33. The summed E-state index contributed by atoms with van der Waals surface area (Å²) in [5.41, 5.74) is 2.16. The van der Waals surface area contributed by atoms with Gasteiger partial charge in [-0.2, -0.15) is 19.8 Å². The molecule has 0 bridgehead atoms. The third kappa shape index (κ3) is 4.27. The topological polar surface area (TPSA) is 155 Å². The Balaban J connectivity index is 1.47. The van der Waals surface area contributed by atoms with Crippen molar-refractivity contribution in [2.45, 2.75) is 24.9 Å². The number of anilines is 2. The van der Waals surface area contributed by atoms with E-state index in [9.17, 15) is 18.8 Å². The molecule has 1 fully saturated rings. The fraction of sp³-hybridized carbons (Fsp3) is 0.381. The molecule has 5 rings (SSSR count). The van der Waals surface area contributed by atoms with E-state index < -0.39 is 15.6 Å². The van der Waals surface area contributed by atoms with Gasteiger partial charge < -0.3 is 10.4 Å². The number of aromatic nitrogens is 6. The summed E-state index contributed by atoms with van der Waals surface area (Å²) < 4.78 is 29.4. The number of nitriles is 1. The number of fused-ring (bicyclic) bond motifs is 1. The van der Waals surface area contributed by atoms with Crippen molar-refractivity contribution in [1.82, 2.24) is 33.8 Å². The van der Waals surface area contributed by atoms with Gasteiger partial charge in [-0.1, -0.05) is 0 Å². The van der Waals surface area contributed by atoms with E-state index in [0.717, 1.165) is 22.0 Å². The van der Waals surface area contributed by atoms with Gasteiger partial charge in [0, 0.05) is 31.0 Å². The standard InChI is InChI=1S/C21H23N9O3S2/c1-14(11-31)29-10-16(8-23-29)25-20-26-17-3-6-34-19(17)18(27-20)15-7-24-30(9-15)21(4-5-22)12-28(13-21)35(2,32)33/h3,6-10,14,31H,4,11-13H2,1-2H3,(H,25,26,27)/t14-/m0/s1. The van der Waals surface area contributed by atoms with Gasteiger partial charge >= 0.3 is 0 Å². The number of thiophene rings is 1. The Labute approximate surface area is 205 Å². The molecule has 0 radical (unpaired) electrons. The van der Waals surface area contributed by atoms with Crippen LogP contribution < -0.4 is 5.32 Å². The van der Waals surface area contributed by atoms with E-state index in [1.165, 1.54) is 15.6 Å². The number of nitrogens with one attached hydrogen (secondary N) is 1. The lowest BCUT2D eigenvalue weighted by Crippen LogP contribution is -2.63. The summed E-state index contributed by atoms with van der Waals surface area (Å²) in [5.74, 6) is 0.383. The quantitative estimate of drug-likeness (QED) is 0.359. The van der Waals surface area contributed by atoms with Crippen molar-refractivity contribution < 1.29 is 13.5 Å². The Morgan fingerprint density at radius 2 is 2.09 bits per heavy atom. The number of aliphatic hydroxyl groups excluding tert-OH is 1. The van der Waals surface area contributed by atoms with Gasteiger partial charge in [0.15, 0.2) is 0 Å². The molecule has 1 aliphatic heterocycles. The number of sulfonamides is 1. The van der Waals surface area contributed by atoms with Crippen molar-refractivity contribution in [1.29, 1.82) is 5.26 Å². The summed E-state index contributed by atoms with van der Waals surface area (Å²) in [5, 5.41) is 32.6. The first-order valence-electron chi connectivity index (χ1n) is 10.8. The van der Waals surface area contributed by atoms with Crippen molar-refractivity contribution in [2.24, 2.45) is 0 Å². The van der Waals surface area contributed by atoms with Crippen LogP contribution in [0.2, 0.25) is 0 Å². The third-order valence-corrected chi connectivity index (χ3v) is 8.14. The van der Waals surface area contributed by atoms with Crippen LogP contribution in [0.3, 0.4) is 0 Å². The largest absolute Gasteiger partial charge is 0.394 e. The Bertz CT molecular complexity index is 1530. The minimum Gasteiger partial charge on any atom is -0.394 e. The van der Waals surface area contributed by atoms with E-state index in [-0.39, 0.29) is 32.2 Å². The van der Waals surface area contributed by atoms with Crippen LogP contribution in [0.1, 0.15) is 19.4 Å². The maximum Gasteiger partial charge on any atom is 0.228 e. The Kier molecular flexibility index (Phi) is 5.80. The summed E-state index contributed by atoms with van der Waals surface area (Å²) >= 11 is 1.51. The molecular formula is C21H23N9O3S2. The van der Waals surface area contributed by atoms with Gasteiger partial charge in [-0.3, -0.25) is 9.36 Å². The lowest BCUT2D eigenvalue weighted by atomic mass is 9.89. The highest BCUT2D eigenvalue weighted by Crippen LogP contribution is 2.37. The van der Waals surface area contributed by atoms with Crippen LogP contribution in [0, 0.1) is 11.3 Å². The van der Waals surface area contributed by atoms with E-state index in [4.69, 9.17) is 4.98 Å². The van der Waals surface area contributed by atoms with Crippen molar-refractivity contribution >= 4 is 43.2 Å². The average molecular weight is 514 g/mol. The molecule has 0 amide bonds. The molecule has 0 unspecified atom stereocenters. The number of nitrogens with zero attached hydrogens (tertiary/aromatic N) is 8. The molecule has 4 aromatic heterocycles. The van der Waals surface area contributed by atoms with E-state index in [2.05, 4.69) is 26.6 Å². The molecule has 12 nitrogen and oxygen atoms in total. The van der Waals surface area contributed by atoms with Gasteiger partial charge in [0.05, 0.1) is 65.4 Å². The monoisotopic (exact) mass is 513 g/mol. The van der Waals surface area contributed by atoms with Gasteiger partial charge in [0.2, 0.25) is 16.0 Å². The zero-order valence-corrected chi connectivity index (χ0v) is 20.7. The van der Waals surface area contributed by atoms with Crippen molar-refractivity contribution in [3.05, 3.63) is 36.2 Å². The maximum atomic E-state index is 11.9. The molecule has 5 heterocycles. The van der Waals surface area contributed by atoms with Crippen molar-refractivity contribution in [3.63, 3.8) is 0 Å². The number of aliphatic hydroxyl groups is 1. The molecule has 14 heteroatoms. The first kappa shape index (κ1) is 23.4. The minimum atomic E-state index is -3.34. The third-order valence-electron chi connectivity index (χ3n) is 6.04. The molecule has 35 heavy (non-hydrogen) atoms. The van der Waals surface area contributed by atoms with Crippen LogP contribution in [0.25, 0.3) is 21.5 Å². The fourth-order valence-electron chi connectivity index (χ4n) is 4.01. The van der Waals surface area contributed by atoms with E-state index in [1.807, 2.05) is 24.6 Å². The lowest BCUT2D eigenvalue weighted by molar-refractivity contribution is 0.0724. The summed E-state index contributed by atoms with van der Waals surface area (Å²) in [6.07, 6.45) is 8.20. The van der Waals surface area contributed by atoms with E-state index >= 15 is 0 Å². The van der Waals surface area contributed by atoms with Crippen LogP contribution in [0.15, 0.2) is 36.2 Å². The van der Waals surface area contributed by atoms with Crippen LogP contribution in [0.4, 0.5) is 11.6 Å². The Morgan fingerprint density at radius 3 is 2.80 bits per heavy atom. The molecule has 0 spiro atoms. The fourth-order valence-corrected chi connectivity index (χ4v) is 5.80. The van der Waals surface area contributed by atoms with Crippen LogP contribution >= 0.6 is 11.3 Å². The SMILES string of the molecule is C[C@@H](CO)n1cc(Nc2nc(-c3cnn(C4(CC#N)CN(S(C)(=O)=O)C4)c3)c3sccc3n2)cn1. The number of hydrogen-bond acceptors (Lipinski definition) is 10. The minimum absolute atomic E-state index is 0.0259.